The van der Waals surface area contributed by atoms with Crippen LogP contribution in [-0.4, -0.2) is 63.8 Å². The number of pyridine rings is 1. The topological polar surface area (TPSA) is 132 Å². The number of hydrogen-bond acceptors (Lipinski definition) is 8. The first kappa shape index (κ1) is 21.6. The summed E-state index contributed by atoms with van der Waals surface area (Å²) in [5, 5.41) is 2.52. The number of rotatable bonds is 5. The molecule has 174 valence electrons. The number of hydrazine groups is 1. The van der Waals surface area contributed by atoms with Crippen molar-refractivity contribution in [1.82, 2.24) is 25.3 Å². The highest BCUT2D eigenvalue weighted by atomic mass is 16.2. The molecule has 3 amide bonds. The minimum atomic E-state index is -0.879. The normalized spacial score (nSPS) is 15.6. The van der Waals surface area contributed by atoms with Crippen LogP contribution < -0.4 is 21.1 Å². The molecule has 1 saturated carbocycles. The number of carbonyl (C=O) groups excluding carboxylic acids is 3. The number of para-hydroxylation sites is 2. The smallest absolute Gasteiger partial charge is 0.328 e. The first-order chi connectivity index (χ1) is 16.6. The first-order valence-electron chi connectivity index (χ1n) is 11.2. The zero-order valence-electron chi connectivity index (χ0n) is 18.4. The number of anilines is 3. The third kappa shape index (κ3) is 4.87. The quantitative estimate of drug-likeness (QED) is 0.382. The van der Waals surface area contributed by atoms with Gasteiger partial charge in [-0.2, -0.15) is 0 Å². The number of nitrogens with one attached hydrogen (secondary N) is 3. The zero-order valence-corrected chi connectivity index (χ0v) is 18.4. The summed E-state index contributed by atoms with van der Waals surface area (Å²) in [5.74, 6) is -0.146. The van der Waals surface area contributed by atoms with Gasteiger partial charge in [-0.1, -0.05) is 12.1 Å². The number of fused-ring (bicyclic) bond motifs is 1. The number of nitrogens with zero attached hydrogens (tertiary/aromatic N) is 5. The van der Waals surface area contributed by atoms with Gasteiger partial charge in [0.25, 0.3) is 0 Å². The molecule has 1 saturated heterocycles. The molecular weight excluding hydrogens is 436 g/mol. The lowest BCUT2D eigenvalue weighted by atomic mass is 10.2. The van der Waals surface area contributed by atoms with Crippen LogP contribution in [-0.2, 0) is 14.4 Å². The average Bonchev–Trinajstić information content (AvgIpc) is 3.73. The van der Waals surface area contributed by atoms with Crippen LogP contribution in [0.2, 0.25) is 0 Å². The van der Waals surface area contributed by atoms with Crippen molar-refractivity contribution in [2.24, 2.45) is 5.92 Å². The molecule has 3 heterocycles. The lowest BCUT2D eigenvalue weighted by Gasteiger charge is -2.35. The van der Waals surface area contributed by atoms with Crippen LogP contribution in [0.5, 0.6) is 0 Å². The van der Waals surface area contributed by atoms with E-state index in [0.29, 0.717) is 43.2 Å². The molecule has 3 aromatic rings. The predicted molar refractivity (Wildman–Crippen MR) is 126 cm³/mol. The van der Waals surface area contributed by atoms with E-state index < -0.39 is 11.8 Å². The second-order valence-electron chi connectivity index (χ2n) is 8.27. The molecule has 0 atom stereocenters. The van der Waals surface area contributed by atoms with Crippen molar-refractivity contribution in [3.05, 3.63) is 48.8 Å². The van der Waals surface area contributed by atoms with Crippen molar-refractivity contribution in [3.63, 3.8) is 0 Å². The predicted octanol–water partition coefficient (Wildman–Crippen LogP) is 1.17. The third-order valence-electron chi connectivity index (χ3n) is 5.81. The fourth-order valence-corrected chi connectivity index (χ4v) is 3.77. The van der Waals surface area contributed by atoms with E-state index in [4.69, 9.17) is 0 Å². The maximum Gasteiger partial charge on any atom is 0.328 e. The molecular formula is C23H24N8O3. The van der Waals surface area contributed by atoms with Crippen LogP contribution in [0.1, 0.15) is 12.8 Å². The van der Waals surface area contributed by atoms with E-state index in [9.17, 15) is 14.4 Å². The first-order valence-corrected chi connectivity index (χ1v) is 11.2. The second-order valence-corrected chi connectivity index (χ2v) is 8.27. The Bertz CT molecular complexity index is 1220. The Balaban J connectivity index is 1.10. The molecule has 3 N–H and O–H groups in total. The van der Waals surface area contributed by atoms with Gasteiger partial charge in [-0.05, 0) is 37.1 Å². The second kappa shape index (κ2) is 9.30. The van der Waals surface area contributed by atoms with E-state index in [-0.39, 0.29) is 11.8 Å². The van der Waals surface area contributed by atoms with E-state index >= 15 is 0 Å². The molecule has 1 aliphatic carbocycles. The monoisotopic (exact) mass is 460 g/mol. The van der Waals surface area contributed by atoms with Crippen molar-refractivity contribution in [2.75, 3.05) is 41.8 Å². The van der Waals surface area contributed by atoms with E-state index in [0.717, 1.165) is 24.2 Å². The molecule has 0 unspecified atom stereocenters. The third-order valence-corrected chi connectivity index (χ3v) is 5.81. The van der Waals surface area contributed by atoms with Gasteiger partial charge in [0.05, 0.1) is 29.1 Å². The SMILES string of the molecule is O=C(NNc1cnc2ccccc2n1)C(=O)Nc1ccc(N2CCN(C(=O)C3CC3)CC2)nc1. The van der Waals surface area contributed by atoms with Crippen LogP contribution >= 0.6 is 0 Å². The van der Waals surface area contributed by atoms with Crippen molar-refractivity contribution in [3.8, 4) is 0 Å². The highest BCUT2D eigenvalue weighted by Gasteiger charge is 2.34. The molecule has 2 fully saturated rings. The standard InChI is InChI=1S/C23H24N8O3/c32-21(22(33)29-28-19-14-24-17-3-1-2-4-18(17)27-19)26-16-7-8-20(25-13-16)30-9-11-31(12-10-30)23(34)15-5-6-15/h1-4,7-8,13-15H,5-6,9-12H2,(H,26,32)(H,27,28)(H,29,33). The summed E-state index contributed by atoms with van der Waals surface area (Å²) in [6.45, 7) is 2.79. The molecule has 11 heteroatoms. The number of amides is 3. The summed E-state index contributed by atoms with van der Waals surface area (Å²) >= 11 is 0. The molecule has 0 spiro atoms. The van der Waals surface area contributed by atoms with Crippen LogP contribution in [0, 0.1) is 5.92 Å². The summed E-state index contributed by atoms with van der Waals surface area (Å²) in [5.41, 5.74) is 6.69. The Hall–Kier alpha value is -4.28. The van der Waals surface area contributed by atoms with E-state index in [1.54, 1.807) is 18.2 Å². The Labute approximate surface area is 195 Å². The van der Waals surface area contributed by atoms with Crippen molar-refractivity contribution >= 4 is 46.1 Å². The molecule has 2 aliphatic rings. The van der Waals surface area contributed by atoms with Crippen LogP contribution in [0.25, 0.3) is 11.0 Å². The maximum atomic E-state index is 12.2. The highest BCUT2D eigenvalue weighted by molar-refractivity contribution is 6.39. The Morgan fingerprint density at radius 1 is 0.853 bits per heavy atom. The lowest BCUT2D eigenvalue weighted by molar-refractivity contribution is -0.135. The molecule has 0 bridgehead atoms. The number of piperazine rings is 1. The summed E-state index contributed by atoms with van der Waals surface area (Å²) in [4.78, 5) is 53.5. The zero-order chi connectivity index (χ0) is 23.5. The number of hydrogen-bond donors (Lipinski definition) is 3. The Morgan fingerprint density at radius 3 is 2.32 bits per heavy atom. The molecule has 11 nitrogen and oxygen atoms in total. The van der Waals surface area contributed by atoms with Gasteiger partial charge in [-0.25, -0.2) is 9.97 Å². The molecule has 2 aromatic heterocycles. The summed E-state index contributed by atoms with van der Waals surface area (Å²) in [6, 6.07) is 10.8. The number of benzene rings is 1. The summed E-state index contributed by atoms with van der Waals surface area (Å²) in [7, 11) is 0. The molecule has 5 rings (SSSR count). The summed E-state index contributed by atoms with van der Waals surface area (Å²) < 4.78 is 0. The Kier molecular flexibility index (Phi) is 5.90. The number of carbonyl (C=O) groups is 3. The van der Waals surface area contributed by atoms with E-state index in [2.05, 4.69) is 36.0 Å². The number of aromatic nitrogens is 3. The van der Waals surface area contributed by atoms with Gasteiger partial charge >= 0.3 is 11.8 Å². The highest BCUT2D eigenvalue weighted by Crippen LogP contribution is 2.31. The fourth-order valence-electron chi connectivity index (χ4n) is 3.77. The molecule has 34 heavy (non-hydrogen) atoms. The van der Waals surface area contributed by atoms with Gasteiger partial charge in [-0.15, -0.1) is 0 Å². The van der Waals surface area contributed by atoms with Gasteiger partial charge in [0.1, 0.15) is 5.82 Å². The fraction of sp³-hybridized carbons (Fsp3) is 0.304. The van der Waals surface area contributed by atoms with Crippen molar-refractivity contribution in [2.45, 2.75) is 12.8 Å². The summed E-state index contributed by atoms with van der Waals surface area (Å²) in [6.07, 6.45) is 4.99. The minimum Gasteiger partial charge on any atom is -0.353 e. The lowest BCUT2D eigenvalue weighted by Crippen LogP contribution is -2.49. The molecule has 0 radical (unpaired) electrons. The van der Waals surface area contributed by atoms with Gasteiger partial charge in [0, 0.05) is 32.1 Å². The van der Waals surface area contributed by atoms with Crippen molar-refractivity contribution in [1.29, 1.82) is 0 Å². The maximum absolute atomic E-state index is 12.2. The van der Waals surface area contributed by atoms with Gasteiger partial charge < -0.3 is 15.1 Å². The van der Waals surface area contributed by atoms with E-state index in [1.165, 1.54) is 12.4 Å². The van der Waals surface area contributed by atoms with Gasteiger partial charge in [0.2, 0.25) is 5.91 Å². The van der Waals surface area contributed by atoms with Crippen LogP contribution in [0.15, 0.2) is 48.8 Å². The van der Waals surface area contributed by atoms with Gasteiger partial charge in [-0.3, -0.25) is 30.2 Å². The van der Waals surface area contributed by atoms with Crippen molar-refractivity contribution < 1.29 is 14.4 Å². The Morgan fingerprint density at radius 2 is 1.62 bits per heavy atom. The van der Waals surface area contributed by atoms with E-state index in [1.807, 2.05) is 23.1 Å². The largest absolute Gasteiger partial charge is 0.353 e. The molecule has 1 aliphatic heterocycles. The average molecular weight is 460 g/mol. The van der Waals surface area contributed by atoms with Gasteiger partial charge in [0.15, 0.2) is 5.82 Å². The minimum absolute atomic E-state index is 0.237. The molecule has 1 aromatic carbocycles. The van der Waals surface area contributed by atoms with Crippen LogP contribution in [0.4, 0.5) is 17.3 Å². The van der Waals surface area contributed by atoms with Crippen LogP contribution in [0.3, 0.4) is 0 Å².